The highest BCUT2D eigenvalue weighted by Gasteiger charge is 2.30. The van der Waals surface area contributed by atoms with Gasteiger partial charge in [-0.2, -0.15) is 18.2 Å². The molecule has 0 bridgehead atoms. The summed E-state index contributed by atoms with van der Waals surface area (Å²) in [5, 5.41) is 3.78. The van der Waals surface area contributed by atoms with E-state index >= 15 is 0 Å². The van der Waals surface area contributed by atoms with Crippen LogP contribution in [0.3, 0.4) is 0 Å². The number of nitrogens with zero attached hydrogens (tertiary/aromatic N) is 4. The molecular weight excluding hydrogens is 309 g/mol. The number of imidazole rings is 1. The lowest BCUT2D eigenvalue weighted by molar-refractivity contribution is -0.137. The average Bonchev–Trinajstić information content (AvgIpc) is 3.17. The maximum absolute atomic E-state index is 12.8. The van der Waals surface area contributed by atoms with Crippen molar-refractivity contribution >= 4 is 0 Å². The molecule has 0 amide bonds. The number of aromatic nitrogens is 4. The van der Waals surface area contributed by atoms with E-state index in [1.54, 1.807) is 18.7 Å². The van der Waals surface area contributed by atoms with Gasteiger partial charge in [-0.15, -0.1) is 0 Å². The number of rotatable bonds is 4. The zero-order valence-electron chi connectivity index (χ0n) is 12.2. The molecule has 0 saturated heterocycles. The van der Waals surface area contributed by atoms with Crippen molar-refractivity contribution in [3.8, 4) is 11.4 Å². The van der Waals surface area contributed by atoms with E-state index in [0.29, 0.717) is 12.4 Å². The summed E-state index contributed by atoms with van der Waals surface area (Å²) in [5.41, 5.74) is -0.475. The van der Waals surface area contributed by atoms with Gasteiger partial charge in [-0.3, -0.25) is 0 Å². The fourth-order valence-corrected chi connectivity index (χ4v) is 2.18. The Morgan fingerprint density at radius 1 is 1.30 bits per heavy atom. The van der Waals surface area contributed by atoms with Crippen LogP contribution in [0.2, 0.25) is 0 Å². The van der Waals surface area contributed by atoms with Crippen molar-refractivity contribution < 1.29 is 17.7 Å². The van der Waals surface area contributed by atoms with Gasteiger partial charge in [0.25, 0.3) is 0 Å². The van der Waals surface area contributed by atoms with E-state index in [1.807, 2.05) is 11.5 Å². The summed E-state index contributed by atoms with van der Waals surface area (Å²) in [6.45, 7) is 2.48. The van der Waals surface area contributed by atoms with Crippen molar-refractivity contribution in [2.24, 2.45) is 0 Å². The van der Waals surface area contributed by atoms with Crippen molar-refractivity contribution in [2.75, 3.05) is 0 Å². The number of halogens is 3. The second kappa shape index (κ2) is 5.86. The van der Waals surface area contributed by atoms with Crippen LogP contribution in [-0.4, -0.2) is 19.7 Å². The summed E-state index contributed by atoms with van der Waals surface area (Å²) in [5.74, 6) is 0.422. The summed E-state index contributed by atoms with van der Waals surface area (Å²) in [6, 6.07) is 4.86. The fraction of sp³-hybridized carbons (Fsp3) is 0.267. The van der Waals surface area contributed by atoms with Gasteiger partial charge >= 0.3 is 6.18 Å². The molecule has 0 N–H and O–H groups in total. The highest BCUT2D eigenvalue weighted by Crippen LogP contribution is 2.31. The first-order valence-corrected chi connectivity index (χ1v) is 6.90. The molecule has 8 heteroatoms. The van der Waals surface area contributed by atoms with Gasteiger partial charge in [-0.05, 0) is 12.1 Å². The normalized spacial score (nSPS) is 13.2. The Labute approximate surface area is 129 Å². The van der Waals surface area contributed by atoms with E-state index in [2.05, 4.69) is 15.1 Å². The maximum Gasteiger partial charge on any atom is 0.416 e. The molecule has 0 aliphatic rings. The number of hydrogen-bond acceptors (Lipinski definition) is 4. The molecule has 0 saturated carbocycles. The molecule has 3 aromatic rings. The minimum Gasteiger partial charge on any atom is -0.339 e. The third kappa shape index (κ3) is 3.41. The fourth-order valence-electron chi connectivity index (χ4n) is 2.18. The van der Waals surface area contributed by atoms with Crippen molar-refractivity contribution in [2.45, 2.75) is 25.6 Å². The van der Waals surface area contributed by atoms with E-state index in [-0.39, 0.29) is 17.3 Å². The molecule has 0 fully saturated rings. The molecule has 5 nitrogen and oxygen atoms in total. The molecule has 2 heterocycles. The summed E-state index contributed by atoms with van der Waals surface area (Å²) in [7, 11) is 0. The van der Waals surface area contributed by atoms with Crippen molar-refractivity contribution in [3.63, 3.8) is 0 Å². The molecule has 3 rings (SSSR count). The van der Waals surface area contributed by atoms with Crippen LogP contribution in [0.5, 0.6) is 0 Å². The lowest BCUT2D eigenvalue weighted by Gasteiger charge is -2.07. The summed E-state index contributed by atoms with van der Waals surface area (Å²) < 4.78 is 45.3. The van der Waals surface area contributed by atoms with Crippen LogP contribution >= 0.6 is 0 Å². The minimum atomic E-state index is -4.41. The van der Waals surface area contributed by atoms with Crippen molar-refractivity contribution in [3.05, 3.63) is 54.4 Å². The van der Waals surface area contributed by atoms with Crippen LogP contribution in [-0.2, 0) is 12.7 Å². The van der Waals surface area contributed by atoms with E-state index in [1.165, 1.54) is 12.1 Å². The van der Waals surface area contributed by atoms with E-state index in [9.17, 15) is 13.2 Å². The molecular formula is C15H13F3N4O. The number of hydrogen-bond donors (Lipinski definition) is 0. The molecule has 0 aliphatic carbocycles. The molecule has 2 aromatic heterocycles. The maximum atomic E-state index is 12.8. The molecule has 1 unspecified atom stereocenters. The second-order valence-corrected chi connectivity index (χ2v) is 5.20. The lowest BCUT2D eigenvalue weighted by atomic mass is 10.1. The van der Waals surface area contributed by atoms with Crippen LogP contribution in [0.1, 0.15) is 24.3 Å². The Balaban J connectivity index is 1.82. The molecule has 23 heavy (non-hydrogen) atoms. The first-order chi connectivity index (χ1) is 10.9. The molecule has 120 valence electrons. The monoisotopic (exact) mass is 322 g/mol. The van der Waals surface area contributed by atoms with Crippen LogP contribution in [0.25, 0.3) is 11.4 Å². The summed E-state index contributed by atoms with van der Waals surface area (Å²) >= 11 is 0. The van der Waals surface area contributed by atoms with E-state index < -0.39 is 11.7 Å². The highest BCUT2D eigenvalue weighted by atomic mass is 19.4. The van der Waals surface area contributed by atoms with E-state index in [4.69, 9.17) is 4.52 Å². The largest absolute Gasteiger partial charge is 0.416 e. The van der Waals surface area contributed by atoms with Gasteiger partial charge in [0.1, 0.15) is 0 Å². The minimum absolute atomic E-state index is 0.0868. The van der Waals surface area contributed by atoms with Crippen molar-refractivity contribution in [1.82, 2.24) is 19.7 Å². The molecule has 1 aromatic carbocycles. The van der Waals surface area contributed by atoms with Crippen molar-refractivity contribution in [1.29, 1.82) is 0 Å². The van der Waals surface area contributed by atoms with Crippen LogP contribution in [0, 0.1) is 0 Å². The predicted octanol–water partition coefficient (Wildman–Crippen LogP) is 3.76. The Morgan fingerprint density at radius 3 is 2.83 bits per heavy atom. The highest BCUT2D eigenvalue weighted by molar-refractivity contribution is 5.55. The lowest BCUT2D eigenvalue weighted by Crippen LogP contribution is -2.05. The van der Waals surface area contributed by atoms with Gasteiger partial charge in [-0.1, -0.05) is 24.2 Å². The van der Waals surface area contributed by atoms with Gasteiger partial charge in [0, 0.05) is 24.5 Å². The topological polar surface area (TPSA) is 56.7 Å². The first kappa shape index (κ1) is 15.3. The van der Waals surface area contributed by atoms with Crippen LogP contribution < -0.4 is 0 Å². The van der Waals surface area contributed by atoms with Crippen LogP contribution in [0.4, 0.5) is 13.2 Å². The van der Waals surface area contributed by atoms with Gasteiger partial charge in [0.05, 0.1) is 17.8 Å². The third-order valence-electron chi connectivity index (χ3n) is 3.36. The zero-order valence-corrected chi connectivity index (χ0v) is 12.2. The molecule has 0 spiro atoms. The quantitative estimate of drug-likeness (QED) is 0.734. The molecule has 0 radical (unpaired) electrons. The van der Waals surface area contributed by atoms with Gasteiger partial charge < -0.3 is 9.09 Å². The first-order valence-electron chi connectivity index (χ1n) is 6.90. The average molecular weight is 322 g/mol. The Kier molecular flexibility index (Phi) is 3.89. The summed E-state index contributed by atoms with van der Waals surface area (Å²) in [4.78, 5) is 8.15. The molecule has 1 atom stereocenters. The second-order valence-electron chi connectivity index (χ2n) is 5.20. The van der Waals surface area contributed by atoms with Crippen LogP contribution in [0.15, 0.2) is 47.5 Å². The summed E-state index contributed by atoms with van der Waals surface area (Å²) in [6.07, 6.45) is 0.729. The number of benzene rings is 1. The number of alkyl halides is 3. The Hall–Kier alpha value is -2.64. The molecule has 0 aliphatic heterocycles. The smallest absolute Gasteiger partial charge is 0.339 e. The Morgan fingerprint density at radius 2 is 2.13 bits per heavy atom. The Bertz CT molecular complexity index is 780. The van der Waals surface area contributed by atoms with Gasteiger partial charge in [-0.25, -0.2) is 4.98 Å². The standard InChI is InChI=1S/C15H13F3N4O/c1-10(8-22-6-5-19-9-22)14-20-13(21-23-14)11-3-2-4-12(7-11)15(16,17)18/h2-7,9-10H,8H2,1H3. The zero-order chi connectivity index (χ0) is 16.4. The van der Waals surface area contributed by atoms with E-state index in [0.717, 1.165) is 12.1 Å². The predicted molar refractivity (Wildman–Crippen MR) is 75.4 cm³/mol. The van der Waals surface area contributed by atoms with Gasteiger partial charge in [0.2, 0.25) is 11.7 Å². The third-order valence-corrected chi connectivity index (χ3v) is 3.36. The van der Waals surface area contributed by atoms with Gasteiger partial charge in [0.15, 0.2) is 0 Å². The SMILES string of the molecule is CC(Cn1ccnc1)c1nc(-c2cccc(C(F)(F)F)c2)no1.